The second kappa shape index (κ2) is 21.1. The number of rotatable bonds is 11. The van der Waals surface area contributed by atoms with Crippen molar-refractivity contribution in [2.45, 2.75) is 54.4 Å². The molecule has 0 unspecified atom stereocenters. The van der Waals surface area contributed by atoms with Gasteiger partial charge in [0, 0.05) is 5.41 Å². The zero-order valence-corrected chi connectivity index (χ0v) is 18.0. The maximum absolute atomic E-state index is 10.6. The van der Waals surface area contributed by atoms with Gasteiger partial charge in [-0.05, 0) is 39.9 Å². The summed E-state index contributed by atoms with van der Waals surface area (Å²) in [6.45, 7) is 15.4. The Balaban J connectivity index is -0.000000329. The summed E-state index contributed by atoms with van der Waals surface area (Å²) in [5.41, 5.74) is -0.667. The minimum atomic E-state index is -0.667. The number of hydrogen-bond acceptors (Lipinski definition) is 8. The van der Waals surface area contributed by atoms with Crippen LogP contribution in [0.3, 0.4) is 0 Å². The second-order valence-corrected chi connectivity index (χ2v) is 5.73. The first-order chi connectivity index (χ1) is 12.8. The Labute approximate surface area is 164 Å². The Bertz CT molecular complexity index is 304. The molecule has 0 fully saturated rings. The van der Waals surface area contributed by atoms with Crippen molar-refractivity contribution >= 4 is 11.9 Å². The van der Waals surface area contributed by atoms with E-state index in [1.807, 2.05) is 6.92 Å². The van der Waals surface area contributed by atoms with Crippen LogP contribution in [0.25, 0.3) is 0 Å². The number of hydrogen-bond donors (Lipinski definition) is 3. The van der Waals surface area contributed by atoms with Crippen LogP contribution in [0.2, 0.25) is 0 Å². The number of aliphatic hydroxyl groups excluding tert-OH is 3. The van der Waals surface area contributed by atoms with Crippen LogP contribution in [0, 0.1) is 5.41 Å². The fourth-order valence-electron chi connectivity index (χ4n) is 1.70. The highest BCUT2D eigenvalue weighted by Gasteiger charge is 2.24. The van der Waals surface area contributed by atoms with Gasteiger partial charge in [-0.3, -0.25) is 9.59 Å². The fraction of sp³-hybridized carbons (Fsp3) is 0.895. The molecule has 0 aromatic rings. The first-order valence-electron chi connectivity index (χ1n) is 9.66. The molecule has 0 aliphatic heterocycles. The fourth-order valence-corrected chi connectivity index (χ4v) is 1.70. The molecule has 164 valence electrons. The monoisotopic (exact) mass is 395 g/mol. The zero-order valence-electron chi connectivity index (χ0n) is 18.0. The number of aliphatic hydroxyl groups is 3. The lowest BCUT2D eigenvalue weighted by Gasteiger charge is -2.24. The quantitative estimate of drug-likeness (QED) is 0.353. The molecule has 0 aliphatic rings. The third kappa shape index (κ3) is 17.9. The summed E-state index contributed by atoms with van der Waals surface area (Å²) in [5, 5.41) is 26.0. The summed E-state index contributed by atoms with van der Waals surface area (Å²) in [4.78, 5) is 23.6. The highest BCUT2D eigenvalue weighted by atomic mass is 16.5. The van der Waals surface area contributed by atoms with Crippen molar-refractivity contribution in [1.29, 1.82) is 0 Å². The van der Waals surface area contributed by atoms with Gasteiger partial charge < -0.3 is 29.7 Å². The zero-order chi connectivity index (χ0) is 21.7. The number of ether oxygens (including phenoxy) is 2. The smallest absolute Gasteiger partial charge is 0.317 e. The van der Waals surface area contributed by atoms with E-state index in [9.17, 15) is 9.59 Å². The van der Waals surface area contributed by atoms with Gasteiger partial charge in [0.15, 0.2) is 0 Å². The molecular formula is C19H41NO7. The Kier molecular flexibility index (Phi) is 23.8. The lowest BCUT2D eigenvalue weighted by atomic mass is 9.88. The predicted octanol–water partition coefficient (Wildman–Crippen LogP) is 1.21. The average molecular weight is 396 g/mol. The molecule has 0 saturated heterocycles. The first kappa shape index (κ1) is 30.5. The summed E-state index contributed by atoms with van der Waals surface area (Å²) >= 11 is 0. The number of esters is 2. The van der Waals surface area contributed by atoms with Gasteiger partial charge in [0.25, 0.3) is 0 Å². The van der Waals surface area contributed by atoms with Crippen molar-refractivity contribution in [3.63, 3.8) is 0 Å². The standard InChI is InChI=1S/C7H12O4.C6H15N.C6H14O3/c1-3-10-6(8)5-7(9)11-4-2;1-4-7(5-2)6-3;1-2-6(3-7,4-8)5-9/h3-5H2,1-2H3;4-6H2,1-3H3;7-9H,2-5H2,1H3. The Morgan fingerprint density at radius 2 is 1.07 bits per heavy atom. The van der Waals surface area contributed by atoms with Crippen molar-refractivity contribution < 1.29 is 34.4 Å². The van der Waals surface area contributed by atoms with E-state index in [0.717, 1.165) is 0 Å². The maximum atomic E-state index is 10.6. The highest BCUT2D eigenvalue weighted by Crippen LogP contribution is 2.18. The third-order valence-electron chi connectivity index (χ3n) is 4.00. The molecule has 0 saturated carbocycles. The van der Waals surface area contributed by atoms with Crippen molar-refractivity contribution in [2.24, 2.45) is 5.41 Å². The summed E-state index contributed by atoms with van der Waals surface area (Å²) in [6.07, 6.45) is 0.304. The van der Waals surface area contributed by atoms with E-state index in [4.69, 9.17) is 15.3 Å². The lowest BCUT2D eigenvalue weighted by molar-refractivity contribution is -0.153. The normalized spacial score (nSPS) is 10.3. The molecule has 0 amide bonds. The maximum Gasteiger partial charge on any atom is 0.317 e. The Hall–Kier alpha value is -1.22. The van der Waals surface area contributed by atoms with Gasteiger partial charge in [-0.25, -0.2) is 0 Å². The molecule has 8 nitrogen and oxygen atoms in total. The number of carbonyl (C=O) groups is 2. The molecule has 0 radical (unpaired) electrons. The van der Waals surface area contributed by atoms with Gasteiger partial charge in [0.2, 0.25) is 0 Å². The number of carbonyl (C=O) groups excluding carboxylic acids is 2. The molecular weight excluding hydrogens is 354 g/mol. The number of nitrogens with zero attached hydrogens (tertiary/aromatic N) is 1. The van der Waals surface area contributed by atoms with Crippen LogP contribution in [0.15, 0.2) is 0 Å². The molecule has 0 rings (SSSR count). The van der Waals surface area contributed by atoms with Crippen LogP contribution in [-0.2, 0) is 19.1 Å². The highest BCUT2D eigenvalue weighted by molar-refractivity contribution is 5.91. The summed E-state index contributed by atoms with van der Waals surface area (Å²) in [7, 11) is 0. The Morgan fingerprint density at radius 3 is 1.19 bits per heavy atom. The molecule has 0 atom stereocenters. The van der Waals surface area contributed by atoms with Gasteiger partial charge in [0.05, 0.1) is 33.0 Å². The van der Waals surface area contributed by atoms with E-state index in [-0.39, 0.29) is 39.5 Å². The van der Waals surface area contributed by atoms with Gasteiger partial charge >= 0.3 is 11.9 Å². The molecule has 0 bridgehead atoms. The van der Waals surface area contributed by atoms with Gasteiger partial charge in [-0.1, -0.05) is 27.7 Å². The molecule has 0 aromatic carbocycles. The van der Waals surface area contributed by atoms with E-state index in [1.54, 1.807) is 13.8 Å². The van der Waals surface area contributed by atoms with Crippen molar-refractivity contribution in [3.05, 3.63) is 0 Å². The van der Waals surface area contributed by atoms with Crippen LogP contribution in [-0.4, -0.2) is 84.8 Å². The van der Waals surface area contributed by atoms with Gasteiger partial charge in [-0.2, -0.15) is 0 Å². The van der Waals surface area contributed by atoms with E-state index in [2.05, 4.69) is 35.1 Å². The second-order valence-electron chi connectivity index (χ2n) is 5.73. The van der Waals surface area contributed by atoms with Crippen LogP contribution >= 0.6 is 0 Å². The SMILES string of the molecule is CCC(CO)(CO)CO.CCN(CC)CC.CCOC(=O)CC(=O)OCC. The van der Waals surface area contributed by atoms with E-state index in [1.165, 1.54) is 19.6 Å². The largest absolute Gasteiger partial charge is 0.466 e. The summed E-state index contributed by atoms with van der Waals surface area (Å²) < 4.78 is 9.04. The van der Waals surface area contributed by atoms with E-state index in [0.29, 0.717) is 6.42 Å². The van der Waals surface area contributed by atoms with Crippen LogP contribution < -0.4 is 0 Å². The van der Waals surface area contributed by atoms with Crippen molar-refractivity contribution in [2.75, 3.05) is 52.7 Å². The van der Waals surface area contributed by atoms with Crippen molar-refractivity contribution in [3.8, 4) is 0 Å². The van der Waals surface area contributed by atoms with E-state index < -0.39 is 17.4 Å². The molecule has 3 N–H and O–H groups in total. The minimum absolute atomic E-state index is 0.156. The van der Waals surface area contributed by atoms with E-state index >= 15 is 0 Å². The van der Waals surface area contributed by atoms with Crippen LogP contribution in [0.4, 0.5) is 0 Å². The van der Waals surface area contributed by atoms with Crippen molar-refractivity contribution in [1.82, 2.24) is 4.90 Å². The summed E-state index contributed by atoms with van der Waals surface area (Å²) in [6, 6.07) is 0. The first-order valence-corrected chi connectivity index (χ1v) is 9.66. The topological polar surface area (TPSA) is 117 Å². The van der Waals surface area contributed by atoms with Crippen LogP contribution in [0.1, 0.15) is 54.4 Å². The van der Waals surface area contributed by atoms with Crippen LogP contribution in [0.5, 0.6) is 0 Å². The third-order valence-corrected chi connectivity index (χ3v) is 4.00. The average Bonchev–Trinajstić information content (AvgIpc) is 2.67. The predicted molar refractivity (Wildman–Crippen MR) is 105 cm³/mol. The molecule has 0 aromatic heterocycles. The molecule has 27 heavy (non-hydrogen) atoms. The minimum Gasteiger partial charge on any atom is -0.466 e. The molecule has 0 heterocycles. The Morgan fingerprint density at radius 1 is 0.741 bits per heavy atom. The summed E-state index contributed by atoms with van der Waals surface area (Å²) in [5.74, 6) is -1.07. The molecule has 0 aliphatic carbocycles. The molecule has 8 heteroatoms. The van der Waals surface area contributed by atoms with Gasteiger partial charge in [-0.15, -0.1) is 0 Å². The molecule has 0 spiro atoms. The lowest BCUT2D eigenvalue weighted by Crippen LogP contribution is -2.32. The van der Waals surface area contributed by atoms with Gasteiger partial charge in [0.1, 0.15) is 6.42 Å².